The summed E-state index contributed by atoms with van der Waals surface area (Å²) >= 11 is 0. The fourth-order valence-electron chi connectivity index (χ4n) is 4.13. The smallest absolute Gasteiger partial charge is 0.257 e. The maximum Gasteiger partial charge on any atom is 0.257 e. The summed E-state index contributed by atoms with van der Waals surface area (Å²) in [6, 6.07) is 16.3. The van der Waals surface area contributed by atoms with Gasteiger partial charge in [-0.2, -0.15) is 5.10 Å². The second-order valence-electron chi connectivity index (χ2n) is 7.98. The monoisotopic (exact) mass is 391 g/mol. The Hall–Kier alpha value is -2.66. The molecule has 1 atom stereocenters. The van der Waals surface area contributed by atoms with Crippen molar-refractivity contribution in [3.63, 3.8) is 0 Å². The van der Waals surface area contributed by atoms with Crippen molar-refractivity contribution in [2.45, 2.75) is 38.6 Å². The summed E-state index contributed by atoms with van der Waals surface area (Å²) in [6.07, 6.45) is 4.34. The Morgan fingerprint density at radius 3 is 2.38 bits per heavy atom. The van der Waals surface area contributed by atoms with Crippen LogP contribution in [0.2, 0.25) is 0 Å². The van der Waals surface area contributed by atoms with E-state index in [9.17, 15) is 4.79 Å². The van der Waals surface area contributed by atoms with Crippen molar-refractivity contribution in [1.29, 1.82) is 0 Å². The first kappa shape index (κ1) is 19.6. The second kappa shape index (κ2) is 8.78. The first-order chi connectivity index (χ1) is 14.1. The Kier molecular flexibility index (Phi) is 5.95. The maximum absolute atomic E-state index is 13.2. The first-order valence-electron chi connectivity index (χ1n) is 10.5. The van der Waals surface area contributed by atoms with Gasteiger partial charge >= 0.3 is 0 Å². The summed E-state index contributed by atoms with van der Waals surface area (Å²) in [4.78, 5) is 15.5. The van der Waals surface area contributed by atoms with E-state index in [1.165, 1.54) is 24.8 Å². The van der Waals surface area contributed by atoms with Crippen LogP contribution in [0.3, 0.4) is 0 Å². The summed E-state index contributed by atoms with van der Waals surface area (Å²) in [5.41, 5.74) is 4.34. The van der Waals surface area contributed by atoms with E-state index in [1.54, 1.807) is 12.1 Å². The molecule has 152 valence electrons. The van der Waals surface area contributed by atoms with Gasteiger partial charge in [0.2, 0.25) is 0 Å². The standard InChI is InChI=1S/C24H29N3O2/c1-18-6-8-20(9-7-18)23-16-22(19-10-12-21(29-2)13-11-19)25-27(23)24(28)17-26-14-4-3-5-15-26/h6-13,23H,3-5,14-17H2,1-2H3/t23-/m0/s1. The number of amides is 1. The minimum absolute atomic E-state index is 0.0509. The summed E-state index contributed by atoms with van der Waals surface area (Å²) in [7, 11) is 1.66. The molecule has 2 aromatic rings. The van der Waals surface area contributed by atoms with Crippen LogP contribution < -0.4 is 4.74 Å². The molecular formula is C24H29N3O2. The number of hydrazone groups is 1. The molecule has 2 aliphatic heterocycles. The largest absolute Gasteiger partial charge is 0.497 e. The van der Waals surface area contributed by atoms with Crippen LogP contribution in [0.25, 0.3) is 0 Å². The highest BCUT2D eigenvalue weighted by atomic mass is 16.5. The van der Waals surface area contributed by atoms with E-state index in [0.717, 1.165) is 42.1 Å². The highest BCUT2D eigenvalue weighted by Gasteiger charge is 2.33. The van der Waals surface area contributed by atoms with Crippen LogP contribution in [-0.4, -0.2) is 48.3 Å². The first-order valence-corrected chi connectivity index (χ1v) is 10.5. The number of carbonyl (C=O) groups is 1. The zero-order valence-corrected chi connectivity index (χ0v) is 17.3. The lowest BCUT2D eigenvalue weighted by atomic mass is 9.97. The lowest BCUT2D eigenvalue weighted by molar-refractivity contribution is -0.134. The third-order valence-corrected chi connectivity index (χ3v) is 5.86. The van der Waals surface area contributed by atoms with Crippen LogP contribution in [0, 0.1) is 6.92 Å². The van der Waals surface area contributed by atoms with Crippen LogP contribution >= 0.6 is 0 Å². The number of hydrogen-bond donors (Lipinski definition) is 0. The van der Waals surface area contributed by atoms with Crippen LogP contribution in [-0.2, 0) is 4.79 Å². The molecule has 0 unspecified atom stereocenters. The van der Waals surface area contributed by atoms with Crippen LogP contribution in [0.5, 0.6) is 5.75 Å². The van der Waals surface area contributed by atoms with Gasteiger partial charge in [0.05, 0.1) is 25.4 Å². The molecule has 0 aromatic heterocycles. The highest BCUT2D eigenvalue weighted by molar-refractivity contribution is 6.03. The van der Waals surface area contributed by atoms with Crippen molar-refractivity contribution >= 4 is 11.6 Å². The normalized spacial score (nSPS) is 19.9. The van der Waals surface area contributed by atoms with E-state index in [0.29, 0.717) is 6.54 Å². The lowest BCUT2D eigenvalue weighted by Gasteiger charge is -2.29. The summed E-state index contributed by atoms with van der Waals surface area (Å²) in [6.45, 7) is 4.53. The highest BCUT2D eigenvalue weighted by Crippen LogP contribution is 2.33. The number of ether oxygens (including phenoxy) is 1. The number of rotatable bonds is 5. The number of piperidine rings is 1. The molecule has 1 fully saturated rings. The Balaban J connectivity index is 1.59. The van der Waals surface area contributed by atoms with Crippen LogP contribution in [0.15, 0.2) is 53.6 Å². The molecule has 5 heteroatoms. The number of likely N-dealkylation sites (tertiary alicyclic amines) is 1. The molecule has 0 spiro atoms. The predicted octanol–water partition coefficient (Wildman–Crippen LogP) is 4.17. The van der Waals surface area contributed by atoms with E-state index in [-0.39, 0.29) is 11.9 Å². The molecule has 0 N–H and O–H groups in total. The third kappa shape index (κ3) is 4.51. The molecule has 0 aliphatic carbocycles. The number of aryl methyl sites for hydroxylation is 1. The van der Waals surface area contributed by atoms with Gasteiger partial charge in [-0.3, -0.25) is 9.69 Å². The van der Waals surface area contributed by atoms with Crippen molar-refractivity contribution in [3.05, 3.63) is 65.2 Å². The molecule has 2 aliphatic rings. The van der Waals surface area contributed by atoms with Gasteiger partial charge in [-0.15, -0.1) is 0 Å². The van der Waals surface area contributed by atoms with E-state index in [4.69, 9.17) is 9.84 Å². The maximum atomic E-state index is 13.2. The Morgan fingerprint density at radius 2 is 1.72 bits per heavy atom. The minimum Gasteiger partial charge on any atom is -0.497 e. The molecule has 0 radical (unpaired) electrons. The molecule has 2 aromatic carbocycles. The summed E-state index contributed by atoms with van der Waals surface area (Å²) in [5, 5.41) is 6.51. The van der Waals surface area contributed by atoms with E-state index in [1.807, 2.05) is 24.3 Å². The fourth-order valence-corrected chi connectivity index (χ4v) is 4.13. The molecule has 5 nitrogen and oxygen atoms in total. The lowest BCUT2D eigenvalue weighted by Crippen LogP contribution is -2.40. The topological polar surface area (TPSA) is 45.1 Å². The predicted molar refractivity (Wildman–Crippen MR) is 115 cm³/mol. The second-order valence-corrected chi connectivity index (χ2v) is 7.98. The van der Waals surface area contributed by atoms with Gasteiger partial charge in [0.25, 0.3) is 5.91 Å². The average Bonchev–Trinajstić information content (AvgIpc) is 3.21. The zero-order chi connectivity index (χ0) is 20.2. The van der Waals surface area contributed by atoms with Crippen molar-refractivity contribution in [3.8, 4) is 5.75 Å². The van der Waals surface area contributed by atoms with E-state index < -0.39 is 0 Å². The molecule has 4 rings (SSSR count). The minimum atomic E-state index is -0.0509. The SMILES string of the molecule is COc1ccc(C2=NN(C(=O)CN3CCCCC3)[C@H](c3ccc(C)cc3)C2)cc1. The number of benzene rings is 2. The third-order valence-electron chi connectivity index (χ3n) is 5.86. The Bertz CT molecular complexity index is 868. The number of methoxy groups -OCH3 is 1. The fraction of sp³-hybridized carbons (Fsp3) is 0.417. The molecule has 29 heavy (non-hydrogen) atoms. The summed E-state index contributed by atoms with van der Waals surface area (Å²) < 4.78 is 5.27. The van der Waals surface area contributed by atoms with Crippen molar-refractivity contribution in [2.24, 2.45) is 5.10 Å². The van der Waals surface area contributed by atoms with Crippen molar-refractivity contribution < 1.29 is 9.53 Å². The zero-order valence-electron chi connectivity index (χ0n) is 17.3. The van der Waals surface area contributed by atoms with Gasteiger partial charge in [-0.1, -0.05) is 36.2 Å². The molecular weight excluding hydrogens is 362 g/mol. The van der Waals surface area contributed by atoms with Gasteiger partial charge in [-0.25, -0.2) is 5.01 Å². The number of nitrogens with zero attached hydrogens (tertiary/aromatic N) is 3. The van der Waals surface area contributed by atoms with E-state index >= 15 is 0 Å². The van der Waals surface area contributed by atoms with Crippen LogP contribution in [0.4, 0.5) is 0 Å². The number of hydrogen-bond acceptors (Lipinski definition) is 4. The van der Waals surface area contributed by atoms with Crippen molar-refractivity contribution in [1.82, 2.24) is 9.91 Å². The Morgan fingerprint density at radius 1 is 1.03 bits per heavy atom. The molecule has 0 bridgehead atoms. The summed E-state index contributed by atoms with van der Waals surface area (Å²) in [5.74, 6) is 0.904. The van der Waals surface area contributed by atoms with E-state index in [2.05, 4.69) is 36.1 Å². The molecule has 2 heterocycles. The molecule has 1 saturated heterocycles. The van der Waals surface area contributed by atoms with Gasteiger partial charge in [0.15, 0.2) is 0 Å². The average molecular weight is 392 g/mol. The van der Waals surface area contributed by atoms with Gasteiger partial charge in [0.1, 0.15) is 5.75 Å². The van der Waals surface area contributed by atoms with Gasteiger partial charge in [0, 0.05) is 6.42 Å². The quantitative estimate of drug-likeness (QED) is 0.769. The Labute approximate surface area is 173 Å². The number of carbonyl (C=O) groups excluding carboxylic acids is 1. The van der Waals surface area contributed by atoms with Gasteiger partial charge in [-0.05, 0) is 68.2 Å². The van der Waals surface area contributed by atoms with Gasteiger partial charge < -0.3 is 4.74 Å². The van der Waals surface area contributed by atoms with Crippen molar-refractivity contribution in [2.75, 3.05) is 26.7 Å². The molecule has 0 saturated carbocycles. The molecule has 1 amide bonds. The van der Waals surface area contributed by atoms with Crippen LogP contribution in [0.1, 0.15) is 48.4 Å².